The highest BCUT2D eigenvalue weighted by Gasteiger charge is 2.38. The molecule has 1 N–H and O–H groups in total. The molecule has 2 amide bonds. The van der Waals surface area contributed by atoms with Crippen molar-refractivity contribution in [3.8, 4) is 0 Å². The number of aromatic amines is 1. The standard InChI is InChI=1S/C19H24N4O2/c1-12(2)9-15(19(25)22-7-3-4-8-22)23-11-13-5-6-20-17-16(13)14(10-21-17)18(23)24/h5-6,10,12,15H,3-4,7-9,11H2,1-2H3,(H,20,21)/t15-/m1/s1. The molecule has 4 heterocycles. The van der Waals surface area contributed by atoms with Gasteiger partial charge >= 0.3 is 0 Å². The fraction of sp³-hybridized carbons (Fsp3) is 0.526. The number of rotatable bonds is 4. The third kappa shape index (κ3) is 2.69. The largest absolute Gasteiger partial charge is 0.345 e. The average Bonchev–Trinajstić information content (AvgIpc) is 3.26. The monoisotopic (exact) mass is 340 g/mol. The van der Waals surface area contributed by atoms with Crippen LogP contribution >= 0.6 is 0 Å². The number of amides is 2. The van der Waals surface area contributed by atoms with Gasteiger partial charge in [-0.15, -0.1) is 0 Å². The molecule has 2 aromatic heterocycles. The summed E-state index contributed by atoms with van der Waals surface area (Å²) in [7, 11) is 0. The number of carbonyl (C=O) groups is 2. The third-order valence-electron chi connectivity index (χ3n) is 5.27. The van der Waals surface area contributed by atoms with E-state index in [9.17, 15) is 9.59 Å². The summed E-state index contributed by atoms with van der Waals surface area (Å²) >= 11 is 0. The van der Waals surface area contributed by atoms with Crippen molar-refractivity contribution in [3.63, 3.8) is 0 Å². The molecular weight excluding hydrogens is 316 g/mol. The fourth-order valence-electron chi connectivity index (χ4n) is 4.04. The topological polar surface area (TPSA) is 69.3 Å². The van der Waals surface area contributed by atoms with E-state index in [0.717, 1.165) is 42.5 Å². The van der Waals surface area contributed by atoms with Crippen molar-refractivity contribution in [3.05, 3.63) is 29.6 Å². The van der Waals surface area contributed by atoms with Gasteiger partial charge in [0, 0.05) is 37.4 Å². The molecular formula is C19H24N4O2. The normalized spacial score (nSPS) is 18.4. The van der Waals surface area contributed by atoms with Crippen LogP contribution in [0.3, 0.4) is 0 Å². The van der Waals surface area contributed by atoms with E-state index in [1.165, 1.54) is 0 Å². The van der Waals surface area contributed by atoms with Gasteiger partial charge in [-0.1, -0.05) is 13.8 Å². The molecule has 2 aliphatic rings. The molecule has 2 aliphatic heterocycles. The van der Waals surface area contributed by atoms with Crippen LogP contribution in [0.4, 0.5) is 0 Å². The van der Waals surface area contributed by atoms with Gasteiger partial charge in [-0.05, 0) is 36.8 Å². The lowest BCUT2D eigenvalue weighted by Crippen LogP contribution is -2.51. The molecule has 2 aromatic rings. The van der Waals surface area contributed by atoms with Crippen LogP contribution in [0.1, 0.15) is 49.0 Å². The second kappa shape index (κ2) is 6.17. The molecule has 6 nitrogen and oxygen atoms in total. The van der Waals surface area contributed by atoms with E-state index in [1.54, 1.807) is 17.3 Å². The van der Waals surface area contributed by atoms with Crippen molar-refractivity contribution < 1.29 is 9.59 Å². The van der Waals surface area contributed by atoms with E-state index >= 15 is 0 Å². The van der Waals surface area contributed by atoms with Crippen LogP contribution < -0.4 is 0 Å². The van der Waals surface area contributed by atoms with Crippen LogP contribution in [0.25, 0.3) is 11.0 Å². The first-order valence-corrected chi connectivity index (χ1v) is 9.11. The number of H-pyrrole nitrogens is 1. The highest BCUT2D eigenvalue weighted by molar-refractivity contribution is 6.10. The number of likely N-dealkylation sites (tertiary alicyclic amines) is 1. The first-order chi connectivity index (χ1) is 12.1. The van der Waals surface area contributed by atoms with E-state index in [4.69, 9.17) is 0 Å². The molecule has 1 atom stereocenters. The zero-order chi connectivity index (χ0) is 17.6. The van der Waals surface area contributed by atoms with Gasteiger partial charge in [0.25, 0.3) is 5.91 Å². The Morgan fingerprint density at radius 2 is 2.08 bits per heavy atom. The molecule has 0 unspecified atom stereocenters. The van der Waals surface area contributed by atoms with Gasteiger partial charge < -0.3 is 14.8 Å². The van der Waals surface area contributed by atoms with Crippen molar-refractivity contribution in [2.45, 2.75) is 45.7 Å². The fourth-order valence-corrected chi connectivity index (χ4v) is 4.04. The Bertz CT molecular complexity index is 820. The molecule has 1 fully saturated rings. The molecule has 6 heteroatoms. The highest BCUT2D eigenvalue weighted by atomic mass is 16.2. The Morgan fingerprint density at radius 3 is 2.80 bits per heavy atom. The minimum atomic E-state index is -0.392. The van der Waals surface area contributed by atoms with Crippen LogP contribution in [-0.2, 0) is 11.3 Å². The Kier molecular flexibility index (Phi) is 3.98. The molecule has 1 saturated heterocycles. The predicted molar refractivity (Wildman–Crippen MR) is 95.0 cm³/mol. The zero-order valence-corrected chi connectivity index (χ0v) is 14.8. The van der Waals surface area contributed by atoms with E-state index in [2.05, 4.69) is 23.8 Å². The number of carbonyl (C=O) groups excluding carboxylic acids is 2. The van der Waals surface area contributed by atoms with Gasteiger partial charge in [0.2, 0.25) is 5.91 Å². The molecule has 0 bridgehead atoms. The van der Waals surface area contributed by atoms with Crippen LogP contribution in [0.2, 0.25) is 0 Å². The quantitative estimate of drug-likeness (QED) is 0.930. The van der Waals surface area contributed by atoms with E-state index < -0.39 is 6.04 Å². The second-order valence-corrected chi connectivity index (χ2v) is 7.51. The number of hydrogen-bond donors (Lipinski definition) is 1. The van der Waals surface area contributed by atoms with E-state index in [0.29, 0.717) is 24.4 Å². The maximum atomic E-state index is 13.1. The molecule has 0 aliphatic carbocycles. The summed E-state index contributed by atoms with van der Waals surface area (Å²) < 4.78 is 0. The van der Waals surface area contributed by atoms with Gasteiger partial charge in [0.15, 0.2) is 0 Å². The molecule has 0 spiro atoms. The van der Waals surface area contributed by atoms with Gasteiger partial charge in [0.05, 0.1) is 5.56 Å². The smallest absolute Gasteiger partial charge is 0.257 e. The molecule has 25 heavy (non-hydrogen) atoms. The Hall–Kier alpha value is -2.37. The lowest BCUT2D eigenvalue weighted by Gasteiger charge is -2.36. The molecule has 0 saturated carbocycles. The van der Waals surface area contributed by atoms with Crippen molar-refractivity contribution in [2.75, 3.05) is 13.1 Å². The summed E-state index contributed by atoms with van der Waals surface area (Å²) in [5.74, 6) is 0.378. The number of aromatic nitrogens is 2. The number of hydrogen-bond acceptors (Lipinski definition) is 3. The summed E-state index contributed by atoms with van der Waals surface area (Å²) in [5.41, 5.74) is 2.43. The van der Waals surface area contributed by atoms with Crippen LogP contribution in [-0.4, -0.2) is 50.7 Å². The number of nitrogens with zero attached hydrogens (tertiary/aromatic N) is 3. The first-order valence-electron chi connectivity index (χ1n) is 9.11. The van der Waals surface area contributed by atoms with Crippen molar-refractivity contribution in [1.29, 1.82) is 0 Å². The first kappa shape index (κ1) is 16.1. The minimum absolute atomic E-state index is 0.0649. The predicted octanol–water partition coefficient (Wildman–Crippen LogP) is 2.56. The number of nitrogens with one attached hydrogen (secondary N) is 1. The Morgan fingerprint density at radius 1 is 1.32 bits per heavy atom. The third-order valence-corrected chi connectivity index (χ3v) is 5.27. The zero-order valence-electron chi connectivity index (χ0n) is 14.8. The highest BCUT2D eigenvalue weighted by Crippen LogP contribution is 2.31. The number of pyridine rings is 1. The molecule has 132 valence electrons. The van der Waals surface area contributed by atoms with Crippen LogP contribution in [0, 0.1) is 5.92 Å². The maximum Gasteiger partial charge on any atom is 0.257 e. The summed E-state index contributed by atoms with van der Waals surface area (Å²) in [5, 5.41) is 0.903. The summed E-state index contributed by atoms with van der Waals surface area (Å²) in [6.07, 6.45) is 6.28. The molecule has 0 aromatic carbocycles. The summed E-state index contributed by atoms with van der Waals surface area (Å²) in [6, 6.07) is 1.56. The summed E-state index contributed by atoms with van der Waals surface area (Å²) in [4.78, 5) is 37.3. The maximum absolute atomic E-state index is 13.1. The van der Waals surface area contributed by atoms with E-state index in [1.807, 2.05) is 11.0 Å². The van der Waals surface area contributed by atoms with Gasteiger partial charge in [-0.2, -0.15) is 0 Å². The lowest BCUT2D eigenvalue weighted by molar-refractivity contribution is -0.135. The van der Waals surface area contributed by atoms with Gasteiger partial charge in [-0.3, -0.25) is 9.59 Å². The second-order valence-electron chi connectivity index (χ2n) is 7.51. The minimum Gasteiger partial charge on any atom is -0.345 e. The lowest BCUT2D eigenvalue weighted by atomic mass is 9.96. The van der Waals surface area contributed by atoms with Gasteiger partial charge in [0.1, 0.15) is 11.7 Å². The molecule has 4 rings (SSSR count). The summed E-state index contributed by atoms with van der Waals surface area (Å²) in [6.45, 7) is 6.30. The van der Waals surface area contributed by atoms with E-state index in [-0.39, 0.29) is 11.8 Å². The average molecular weight is 340 g/mol. The van der Waals surface area contributed by atoms with Crippen molar-refractivity contribution >= 4 is 22.8 Å². The Balaban J connectivity index is 1.70. The molecule has 0 radical (unpaired) electrons. The van der Waals surface area contributed by atoms with Crippen molar-refractivity contribution in [1.82, 2.24) is 19.8 Å². The van der Waals surface area contributed by atoms with Crippen LogP contribution in [0.5, 0.6) is 0 Å². The van der Waals surface area contributed by atoms with Gasteiger partial charge in [-0.25, -0.2) is 4.98 Å². The van der Waals surface area contributed by atoms with Crippen molar-refractivity contribution in [2.24, 2.45) is 5.92 Å². The Labute approximate surface area is 147 Å². The van der Waals surface area contributed by atoms with Crippen LogP contribution in [0.15, 0.2) is 18.5 Å². The SMILES string of the molecule is CC(C)C[C@H](C(=O)N1CCCC1)N1Cc2ccnc3[nH]cc(c23)C1=O.